The minimum atomic E-state index is -3.61. The Balaban J connectivity index is 1.40. The summed E-state index contributed by atoms with van der Waals surface area (Å²) in [5.74, 6) is 1.13. The van der Waals surface area contributed by atoms with Gasteiger partial charge in [-0.05, 0) is 85.5 Å². The van der Waals surface area contributed by atoms with Crippen LogP contribution in [0.5, 0.6) is 0 Å². The summed E-state index contributed by atoms with van der Waals surface area (Å²) < 4.78 is 28.3. The van der Waals surface area contributed by atoms with Crippen molar-refractivity contribution >= 4 is 38.8 Å². The van der Waals surface area contributed by atoms with Crippen LogP contribution < -0.4 is 10.6 Å². The molecular weight excluding hydrogens is 492 g/mol. The number of rotatable bonds is 10. The topological polar surface area (TPSA) is 90.5 Å². The summed E-state index contributed by atoms with van der Waals surface area (Å²) in [5, 5.41) is 10.6. The van der Waals surface area contributed by atoms with Gasteiger partial charge in [0.05, 0.1) is 4.90 Å². The number of nitrogens with zero attached hydrogens (tertiary/aromatic N) is 4. The fourth-order valence-corrected chi connectivity index (χ4v) is 6.40. The summed E-state index contributed by atoms with van der Waals surface area (Å²) in [6, 6.07) is 10.6. The van der Waals surface area contributed by atoms with Gasteiger partial charge in [-0.15, -0.1) is 0 Å². The second-order valence-electron chi connectivity index (χ2n) is 9.02. The zero-order chi connectivity index (χ0) is 25.5. The van der Waals surface area contributed by atoms with Crippen molar-refractivity contribution in [3.05, 3.63) is 70.7 Å². The Kier molecular flexibility index (Phi) is 8.73. The summed E-state index contributed by atoms with van der Waals surface area (Å²) in [7, 11) is -1.91. The van der Waals surface area contributed by atoms with E-state index < -0.39 is 10.0 Å². The van der Waals surface area contributed by atoms with Crippen LogP contribution in [-0.4, -0.2) is 53.8 Å². The van der Waals surface area contributed by atoms with Crippen LogP contribution in [0.4, 0.5) is 17.5 Å². The van der Waals surface area contributed by atoms with Crippen LogP contribution in [0.25, 0.3) is 0 Å². The Bertz CT molecular complexity index is 1260. The van der Waals surface area contributed by atoms with Gasteiger partial charge in [0.25, 0.3) is 0 Å². The van der Waals surface area contributed by atoms with Crippen LogP contribution in [0.3, 0.4) is 0 Å². The molecule has 2 aromatic heterocycles. The van der Waals surface area contributed by atoms with Crippen molar-refractivity contribution in [3.8, 4) is 0 Å². The minimum absolute atomic E-state index is 0.0472. The lowest BCUT2D eigenvalue weighted by Gasteiger charge is -2.37. The van der Waals surface area contributed by atoms with Gasteiger partial charge in [0.15, 0.2) is 0 Å². The van der Waals surface area contributed by atoms with E-state index in [0.29, 0.717) is 17.5 Å². The third kappa shape index (κ3) is 6.70. The molecule has 1 aliphatic rings. The highest BCUT2D eigenvalue weighted by molar-refractivity contribution is 7.89. The van der Waals surface area contributed by atoms with Gasteiger partial charge in [0.2, 0.25) is 16.0 Å². The predicted octanol–water partition coefficient (Wildman–Crippen LogP) is 5.29. The molecule has 1 saturated heterocycles. The molecule has 0 saturated carbocycles. The van der Waals surface area contributed by atoms with Crippen LogP contribution >= 0.6 is 11.3 Å². The largest absolute Gasteiger partial charge is 0.344 e. The number of nitrogens with one attached hydrogen (secondary N) is 2. The van der Waals surface area contributed by atoms with Gasteiger partial charge >= 0.3 is 0 Å². The van der Waals surface area contributed by atoms with Crippen molar-refractivity contribution in [3.63, 3.8) is 0 Å². The molecule has 1 atom stereocenters. The molecule has 10 heteroatoms. The number of anilines is 3. The van der Waals surface area contributed by atoms with Crippen LogP contribution in [-0.2, 0) is 16.6 Å². The first-order valence-corrected chi connectivity index (χ1v) is 14.6. The lowest BCUT2D eigenvalue weighted by Crippen LogP contribution is -2.48. The SMILES string of the molecule is CC/C=C(\C)Nc1ccnc(Nc2ccc(S(=O)(=O)N(C)C3CCCN(Cc4ccsc4)C3)cc2)n1. The van der Waals surface area contributed by atoms with Crippen molar-refractivity contribution in [1.29, 1.82) is 0 Å². The minimum Gasteiger partial charge on any atom is -0.344 e. The Hall–Kier alpha value is -2.79. The van der Waals surface area contributed by atoms with E-state index in [0.717, 1.165) is 44.6 Å². The summed E-state index contributed by atoms with van der Waals surface area (Å²) in [6.45, 7) is 6.66. The van der Waals surface area contributed by atoms with Gasteiger partial charge in [-0.3, -0.25) is 4.90 Å². The molecule has 4 rings (SSSR count). The highest BCUT2D eigenvalue weighted by Gasteiger charge is 2.31. The second-order valence-corrected chi connectivity index (χ2v) is 11.8. The summed E-state index contributed by atoms with van der Waals surface area (Å²) in [6.07, 6.45) is 6.55. The van der Waals surface area contributed by atoms with Crippen molar-refractivity contribution in [2.24, 2.45) is 0 Å². The number of piperidine rings is 1. The summed E-state index contributed by atoms with van der Waals surface area (Å²) >= 11 is 1.69. The molecule has 0 spiro atoms. The average Bonchev–Trinajstić information content (AvgIpc) is 3.37. The average molecular weight is 527 g/mol. The second kappa shape index (κ2) is 12.0. The maximum absolute atomic E-state index is 13.4. The maximum Gasteiger partial charge on any atom is 0.243 e. The van der Waals surface area contributed by atoms with E-state index in [2.05, 4.69) is 55.3 Å². The number of sulfonamides is 1. The summed E-state index contributed by atoms with van der Waals surface area (Å²) in [5.41, 5.74) is 3.02. The van der Waals surface area contributed by atoms with Gasteiger partial charge in [-0.25, -0.2) is 13.4 Å². The van der Waals surface area contributed by atoms with Crippen LogP contribution in [0.2, 0.25) is 0 Å². The Labute approximate surface area is 218 Å². The third-order valence-corrected chi connectivity index (χ3v) is 8.92. The lowest BCUT2D eigenvalue weighted by atomic mass is 10.1. The first kappa shape index (κ1) is 26.3. The van der Waals surface area contributed by atoms with Crippen molar-refractivity contribution < 1.29 is 8.42 Å². The van der Waals surface area contributed by atoms with Crippen molar-refractivity contribution in [2.45, 2.75) is 50.6 Å². The smallest absolute Gasteiger partial charge is 0.243 e. The highest BCUT2D eigenvalue weighted by Crippen LogP contribution is 2.25. The maximum atomic E-state index is 13.4. The Morgan fingerprint density at radius 1 is 1.25 bits per heavy atom. The molecule has 1 aromatic carbocycles. The number of thiophene rings is 1. The predicted molar refractivity (Wildman–Crippen MR) is 147 cm³/mol. The Morgan fingerprint density at radius 3 is 2.78 bits per heavy atom. The number of likely N-dealkylation sites (tertiary alicyclic amines) is 1. The highest BCUT2D eigenvalue weighted by atomic mass is 32.2. The van der Waals surface area contributed by atoms with Gasteiger partial charge in [0, 0.05) is 43.8 Å². The van der Waals surface area contributed by atoms with E-state index in [1.807, 2.05) is 6.92 Å². The van der Waals surface area contributed by atoms with Crippen LogP contribution in [0.1, 0.15) is 38.7 Å². The lowest BCUT2D eigenvalue weighted by molar-refractivity contribution is 0.153. The fourth-order valence-electron chi connectivity index (χ4n) is 4.36. The molecule has 3 aromatic rings. The van der Waals surface area contributed by atoms with E-state index in [-0.39, 0.29) is 10.9 Å². The third-order valence-electron chi connectivity index (χ3n) is 6.26. The quantitative estimate of drug-likeness (QED) is 0.371. The van der Waals surface area contributed by atoms with Gasteiger partial charge in [-0.2, -0.15) is 20.6 Å². The normalized spacial score (nSPS) is 17.3. The molecule has 0 aliphatic carbocycles. The molecule has 1 fully saturated rings. The number of aromatic nitrogens is 2. The molecule has 1 unspecified atom stereocenters. The zero-order valence-corrected chi connectivity index (χ0v) is 22.6. The Morgan fingerprint density at radius 2 is 2.06 bits per heavy atom. The molecule has 2 N–H and O–H groups in total. The van der Waals surface area contributed by atoms with E-state index in [4.69, 9.17) is 0 Å². The molecule has 1 aliphatic heterocycles. The van der Waals surface area contributed by atoms with Gasteiger partial charge in [-0.1, -0.05) is 13.0 Å². The molecule has 0 amide bonds. The van der Waals surface area contributed by atoms with E-state index in [9.17, 15) is 8.42 Å². The molecule has 0 radical (unpaired) electrons. The first-order chi connectivity index (χ1) is 17.3. The number of hydrogen-bond donors (Lipinski definition) is 2. The standard InChI is InChI=1S/C26H34N6O2S2/c1-4-6-20(2)28-25-12-14-27-26(30-25)29-22-8-10-24(11-9-22)36(33,34)31(3)23-7-5-15-32(18-23)17-21-13-16-35-19-21/h6,8-14,16,19,23H,4-5,7,15,17-18H2,1-3H3,(H2,27,28,29,30)/b20-6+. The molecule has 0 bridgehead atoms. The number of benzene rings is 1. The van der Waals surface area contributed by atoms with Crippen molar-refractivity contribution in [2.75, 3.05) is 30.8 Å². The van der Waals surface area contributed by atoms with Crippen LogP contribution in [0.15, 0.2) is 70.0 Å². The van der Waals surface area contributed by atoms with Gasteiger partial charge in [0.1, 0.15) is 5.82 Å². The molecule has 36 heavy (non-hydrogen) atoms. The monoisotopic (exact) mass is 526 g/mol. The summed E-state index contributed by atoms with van der Waals surface area (Å²) in [4.78, 5) is 11.4. The molecular formula is C26H34N6O2S2. The van der Waals surface area contributed by atoms with E-state index in [1.165, 1.54) is 5.56 Å². The molecule has 8 nitrogen and oxygen atoms in total. The van der Waals surface area contributed by atoms with E-state index in [1.54, 1.807) is 59.2 Å². The van der Waals surface area contributed by atoms with E-state index >= 15 is 0 Å². The number of hydrogen-bond acceptors (Lipinski definition) is 8. The number of allylic oxidation sites excluding steroid dienone is 2. The first-order valence-electron chi connectivity index (χ1n) is 12.2. The zero-order valence-electron chi connectivity index (χ0n) is 21.0. The fraction of sp³-hybridized carbons (Fsp3) is 0.385. The van der Waals surface area contributed by atoms with Crippen LogP contribution in [0, 0.1) is 0 Å². The van der Waals surface area contributed by atoms with Gasteiger partial charge < -0.3 is 10.6 Å². The number of likely N-dealkylation sites (N-methyl/N-ethyl adjacent to an activating group) is 1. The van der Waals surface area contributed by atoms with Crippen molar-refractivity contribution in [1.82, 2.24) is 19.2 Å². The molecule has 192 valence electrons. The molecule has 3 heterocycles.